The van der Waals surface area contributed by atoms with Gasteiger partial charge >= 0.3 is 0 Å². The number of fused-ring (bicyclic) bond motifs is 2. The van der Waals surface area contributed by atoms with Crippen LogP contribution in [0.5, 0.6) is 0 Å². The molecule has 0 N–H and O–H groups in total. The number of amides is 1. The average molecular weight is 401 g/mol. The van der Waals surface area contributed by atoms with E-state index in [4.69, 9.17) is 0 Å². The van der Waals surface area contributed by atoms with Gasteiger partial charge in [0.1, 0.15) is 5.82 Å². The van der Waals surface area contributed by atoms with E-state index in [9.17, 15) is 9.18 Å². The van der Waals surface area contributed by atoms with Crippen molar-refractivity contribution in [3.05, 3.63) is 58.3 Å². The maximum Gasteiger partial charge on any atom is 0.262 e. The first kappa shape index (κ1) is 16.0. The lowest BCUT2D eigenvalue weighted by Gasteiger charge is -2.33. The molecule has 0 aliphatic carbocycles. The van der Waals surface area contributed by atoms with Crippen molar-refractivity contribution >= 4 is 44.5 Å². The second-order valence-corrected chi connectivity index (χ2v) is 6.78. The number of likely N-dealkylation sites (N-methyl/N-ethyl adjacent to an activating group) is 1. The highest BCUT2D eigenvalue weighted by atomic mass is 79.9. The maximum atomic E-state index is 14.2. The Balaban J connectivity index is 1.83. The smallest absolute Gasteiger partial charge is 0.262 e. The molecule has 2 heterocycles. The van der Waals surface area contributed by atoms with Crippen LogP contribution in [0.1, 0.15) is 10.4 Å². The molecule has 25 heavy (non-hydrogen) atoms. The number of hydrogen-bond donors (Lipinski definition) is 0. The van der Waals surface area contributed by atoms with Crippen molar-refractivity contribution in [2.45, 2.75) is 0 Å². The van der Waals surface area contributed by atoms with Gasteiger partial charge in [-0.3, -0.25) is 9.69 Å². The molecule has 1 aromatic heterocycles. The summed E-state index contributed by atoms with van der Waals surface area (Å²) < 4.78 is 14.8. The van der Waals surface area contributed by atoms with Gasteiger partial charge < -0.3 is 4.90 Å². The number of rotatable bonds is 1. The third kappa shape index (κ3) is 2.74. The predicted octanol–water partition coefficient (Wildman–Crippen LogP) is 3.63. The van der Waals surface area contributed by atoms with Crippen molar-refractivity contribution < 1.29 is 9.18 Å². The number of nitrogens with zero attached hydrogens (tertiary/aromatic N) is 4. The first-order chi connectivity index (χ1) is 12.0. The van der Waals surface area contributed by atoms with Crippen LogP contribution in [0, 0.1) is 5.82 Å². The maximum absolute atomic E-state index is 14.2. The molecule has 1 aliphatic rings. The average Bonchev–Trinajstić information content (AvgIpc) is 2.60. The zero-order valence-corrected chi connectivity index (χ0v) is 15.0. The van der Waals surface area contributed by atoms with Crippen LogP contribution in [0.3, 0.4) is 0 Å². The zero-order valence-electron chi connectivity index (χ0n) is 13.4. The second kappa shape index (κ2) is 6.07. The van der Waals surface area contributed by atoms with Crippen molar-refractivity contribution in [3.8, 4) is 0 Å². The lowest BCUT2D eigenvalue weighted by molar-refractivity contribution is 0.0982. The topological polar surface area (TPSA) is 49.3 Å². The summed E-state index contributed by atoms with van der Waals surface area (Å²) in [6.45, 7) is 1.02. The monoisotopic (exact) mass is 400 g/mol. The van der Waals surface area contributed by atoms with E-state index in [1.807, 2.05) is 36.2 Å². The highest BCUT2D eigenvalue weighted by Crippen LogP contribution is 2.32. The van der Waals surface area contributed by atoms with Crippen LogP contribution in [-0.2, 0) is 0 Å². The highest BCUT2D eigenvalue weighted by Gasteiger charge is 2.30. The molecule has 2 aromatic carbocycles. The van der Waals surface area contributed by atoms with Crippen LogP contribution in [-0.4, -0.2) is 36.0 Å². The van der Waals surface area contributed by atoms with Gasteiger partial charge in [0.2, 0.25) is 0 Å². The minimum absolute atomic E-state index is 0.0219. The Morgan fingerprint density at radius 1 is 1.08 bits per heavy atom. The van der Waals surface area contributed by atoms with Crippen LogP contribution in [0.4, 0.5) is 16.0 Å². The lowest BCUT2D eigenvalue weighted by atomic mass is 10.1. The zero-order chi connectivity index (χ0) is 17.6. The molecule has 126 valence electrons. The Kier molecular flexibility index (Phi) is 3.88. The number of hydrogen-bond acceptors (Lipinski definition) is 4. The number of halogens is 2. The quantitative estimate of drug-likeness (QED) is 0.625. The highest BCUT2D eigenvalue weighted by molar-refractivity contribution is 9.10. The van der Waals surface area contributed by atoms with Gasteiger partial charge in [-0.2, -0.15) is 0 Å². The molecule has 0 unspecified atom stereocenters. The largest absolute Gasteiger partial charge is 0.355 e. The number of aromatic nitrogens is 2. The van der Waals surface area contributed by atoms with E-state index in [0.29, 0.717) is 34.7 Å². The van der Waals surface area contributed by atoms with Crippen LogP contribution in [0.25, 0.3) is 11.0 Å². The van der Waals surface area contributed by atoms with E-state index < -0.39 is 11.7 Å². The molecule has 1 amide bonds. The van der Waals surface area contributed by atoms with E-state index in [1.54, 1.807) is 6.07 Å². The summed E-state index contributed by atoms with van der Waals surface area (Å²) in [6.07, 6.45) is 0. The van der Waals surface area contributed by atoms with Crippen LogP contribution < -0.4 is 9.80 Å². The van der Waals surface area contributed by atoms with E-state index >= 15 is 0 Å². The lowest BCUT2D eigenvalue weighted by Crippen LogP contribution is -2.44. The third-order valence-corrected chi connectivity index (χ3v) is 4.71. The Morgan fingerprint density at radius 2 is 1.76 bits per heavy atom. The molecular weight excluding hydrogens is 387 g/mol. The Bertz CT molecular complexity index is 994. The molecule has 0 fully saturated rings. The van der Waals surface area contributed by atoms with Crippen LogP contribution in [0.2, 0.25) is 0 Å². The Morgan fingerprint density at radius 3 is 2.44 bits per heavy atom. The number of benzene rings is 2. The molecule has 4 rings (SSSR count). The van der Waals surface area contributed by atoms with E-state index in [0.717, 1.165) is 5.52 Å². The summed E-state index contributed by atoms with van der Waals surface area (Å²) in [7, 11) is 1.91. The van der Waals surface area contributed by atoms with Gasteiger partial charge in [-0.05, 0) is 30.3 Å². The minimum Gasteiger partial charge on any atom is -0.355 e. The summed E-state index contributed by atoms with van der Waals surface area (Å²) >= 11 is 3.21. The van der Waals surface area contributed by atoms with Crippen molar-refractivity contribution in [3.63, 3.8) is 0 Å². The first-order valence-electron chi connectivity index (χ1n) is 7.79. The normalized spacial score (nSPS) is 13.9. The van der Waals surface area contributed by atoms with Crippen molar-refractivity contribution in [1.29, 1.82) is 0 Å². The fraction of sp³-hybridized carbons (Fsp3) is 0.167. The Hall–Kier alpha value is -2.54. The molecular formula is C18H14BrFN4O. The van der Waals surface area contributed by atoms with E-state index in [-0.39, 0.29) is 5.56 Å². The predicted molar refractivity (Wildman–Crippen MR) is 98.6 cm³/mol. The number of para-hydroxylation sites is 2. The third-order valence-electron chi connectivity index (χ3n) is 4.22. The standard InChI is InChI=1S/C18H14BrFN4O/c1-23-8-9-24(18(25)12-7-6-11(19)10-13(12)20)17-16(23)21-14-4-2-3-5-15(14)22-17/h2-7,10H,8-9H2,1H3. The molecule has 0 spiro atoms. The molecule has 0 radical (unpaired) electrons. The molecule has 0 atom stereocenters. The molecule has 1 aliphatic heterocycles. The fourth-order valence-corrected chi connectivity index (χ4v) is 3.22. The van der Waals surface area contributed by atoms with Gasteiger partial charge in [0, 0.05) is 24.6 Å². The number of anilines is 2. The van der Waals surface area contributed by atoms with Crippen LogP contribution in [0.15, 0.2) is 46.9 Å². The van der Waals surface area contributed by atoms with Gasteiger partial charge in [-0.25, -0.2) is 14.4 Å². The summed E-state index contributed by atoms with van der Waals surface area (Å²) in [6, 6.07) is 11.9. The van der Waals surface area contributed by atoms with E-state index in [1.165, 1.54) is 17.0 Å². The van der Waals surface area contributed by atoms with E-state index in [2.05, 4.69) is 25.9 Å². The number of carbonyl (C=O) groups is 1. The van der Waals surface area contributed by atoms with Crippen LogP contribution >= 0.6 is 15.9 Å². The molecule has 0 bridgehead atoms. The SMILES string of the molecule is CN1CCN(C(=O)c2ccc(Br)cc2F)c2nc3ccccc3nc21. The molecule has 7 heteroatoms. The first-order valence-corrected chi connectivity index (χ1v) is 8.59. The summed E-state index contributed by atoms with van der Waals surface area (Å²) in [5.74, 6) is 0.105. The van der Waals surface area contributed by atoms with Gasteiger partial charge in [0.25, 0.3) is 5.91 Å². The van der Waals surface area contributed by atoms with Gasteiger partial charge in [0.15, 0.2) is 11.6 Å². The van der Waals surface area contributed by atoms with Gasteiger partial charge in [-0.15, -0.1) is 0 Å². The molecule has 5 nitrogen and oxygen atoms in total. The Labute approximate surface area is 152 Å². The van der Waals surface area contributed by atoms with Crippen molar-refractivity contribution in [2.24, 2.45) is 0 Å². The minimum atomic E-state index is -0.561. The fourth-order valence-electron chi connectivity index (χ4n) is 2.89. The molecule has 3 aromatic rings. The van der Waals surface area contributed by atoms with Gasteiger partial charge in [-0.1, -0.05) is 28.1 Å². The molecule has 0 saturated carbocycles. The van der Waals surface area contributed by atoms with Gasteiger partial charge in [0.05, 0.1) is 16.6 Å². The summed E-state index contributed by atoms with van der Waals surface area (Å²) in [5, 5.41) is 0. The number of carbonyl (C=O) groups excluding carboxylic acids is 1. The summed E-state index contributed by atoms with van der Waals surface area (Å²) in [5.41, 5.74) is 1.48. The summed E-state index contributed by atoms with van der Waals surface area (Å²) in [4.78, 5) is 25.6. The second-order valence-electron chi connectivity index (χ2n) is 5.86. The molecule has 0 saturated heterocycles. The van der Waals surface area contributed by atoms with Crippen molar-refractivity contribution in [2.75, 3.05) is 29.9 Å². The van der Waals surface area contributed by atoms with Crippen molar-refractivity contribution in [1.82, 2.24) is 9.97 Å².